The fourth-order valence-electron chi connectivity index (χ4n) is 4.09. The summed E-state index contributed by atoms with van der Waals surface area (Å²) in [4.78, 5) is 27.8. The number of hydrogen-bond donors (Lipinski definition) is 1. The molecule has 1 aliphatic carbocycles. The van der Waals surface area contributed by atoms with E-state index in [1.165, 1.54) is 6.42 Å². The molecule has 0 radical (unpaired) electrons. The van der Waals surface area contributed by atoms with Gasteiger partial charge in [-0.25, -0.2) is 0 Å². The van der Waals surface area contributed by atoms with Crippen molar-refractivity contribution in [1.29, 1.82) is 0 Å². The zero-order chi connectivity index (χ0) is 23.1. The van der Waals surface area contributed by atoms with Crippen LogP contribution < -0.4 is 10.1 Å². The Morgan fingerprint density at radius 1 is 1.12 bits per heavy atom. The highest BCUT2D eigenvalue weighted by Gasteiger charge is 2.28. The minimum Gasteiger partial charge on any atom is -0.484 e. The van der Waals surface area contributed by atoms with Gasteiger partial charge >= 0.3 is 0 Å². The molecular formula is C26H33ClN2O3. The maximum Gasteiger partial charge on any atom is 0.261 e. The molecule has 1 N–H and O–H groups in total. The molecule has 1 saturated carbocycles. The molecule has 2 aromatic carbocycles. The van der Waals surface area contributed by atoms with Crippen molar-refractivity contribution in [3.05, 3.63) is 64.2 Å². The number of aryl methyl sites for hydroxylation is 2. The summed E-state index contributed by atoms with van der Waals surface area (Å²) in [6.07, 6.45) is 5.51. The van der Waals surface area contributed by atoms with Gasteiger partial charge in [0.1, 0.15) is 11.8 Å². The van der Waals surface area contributed by atoms with E-state index in [2.05, 4.69) is 5.32 Å². The number of ether oxygens (including phenoxy) is 1. The van der Waals surface area contributed by atoms with E-state index in [0.717, 1.165) is 42.4 Å². The van der Waals surface area contributed by atoms with Crippen LogP contribution >= 0.6 is 11.6 Å². The van der Waals surface area contributed by atoms with Crippen molar-refractivity contribution in [2.45, 2.75) is 71.5 Å². The van der Waals surface area contributed by atoms with Crippen LogP contribution in [0.1, 0.15) is 55.7 Å². The lowest BCUT2D eigenvalue weighted by Gasteiger charge is -2.31. The van der Waals surface area contributed by atoms with Crippen LogP contribution in [0.25, 0.3) is 0 Å². The standard InChI is InChI=1S/C26H33ClN2O3/c1-18-8-7-9-21(14-18)16-29(20(3)26(31)28-22-10-5-4-6-11-22)25(30)17-32-23-12-13-24(27)19(2)15-23/h7-9,12-15,20,22H,4-6,10-11,16-17H2,1-3H3,(H,28,31)/t20-/m1/s1. The Morgan fingerprint density at radius 3 is 2.56 bits per heavy atom. The third-order valence-corrected chi connectivity index (χ3v) is 6.47. The van der Waals surface area contributed by atoms with Crippen LogP contribution in [0, 0.1) is 13.8 Å². The summed E-state index contributed by atoms with van der Waals surface area (Å²) >= 11 is 6.08. The molecule has 6 heteroatoms. The molecule has 1 fully saturated rings. The van der Waals surface area contributed by atoms with Gasteiger partial charge in [0.25, 0.3) is 5.91 Å². The van der Waals surface area contributed by atoms with Gasteiger partial charge in [0.15, 0.2) is 6.61 Å². The molecule has 2 amide bonds. The van der Waals surface area contributed by atoms with Gasteiger partial charge in [0.2, 0.25) is 5.91 Å². The molecule has 0 bridgehead atoms. The number of carbonyl (C=O) groups excluding carboxylic acids is 2. The van der Waals surface area contributed by atoms with Gasteiger partial charge in [-0.15, -0.1) is 0 Å². The first-order valence-electron chi connectivity index (χ1n) is 11.4. The van der Waals surface area contributed by atoms with E-state index in [0.29, 0.717) is 17.3 Å². The second-order valence-electron chi connectivity index (χ2n) is 8.73. The van der Waals surface area contributed by atoms with Crippen LogP contribution in [-0.2, 0) is 16.1 Å². The molecule has 1 aliphatic rings. The maximum absolute atomic E-state index is 13.2. The molecule has 0 unspecified atom stereocenters. The normalized spacial score (nSPS) is 15.1. The summed E-state index contributed by atoms with van der Waals surface area (Å²) in [6.45, 7) is 5.90. The van der Waals surface area contributed by atoms with Gasteiger partial charge in [-0.2, -0.15) is 0 Å². The predicted octanol–water partition coefficient (Wildman–Crippen LogP) is 5.20. The quantitative estimate of drug-likeness (QED) is 0.593. The van der Waals surface area contributed by atoms with Crippen molar-refractivity contribution in [2.24, 2.45) is 0 Å². The Bertz CT molecular complexity index is 940. The minimum atomic E-state index is -0.597. The van der Waals surface area contributed by atoms with Crippen molar-refractivity contribution in [3.63, 3.8) is 0 Å². The maximum atomic E-state index is 13.2. The van der Waals surface area contributed by atoms with Crippen LogP contribution in [0.15, 0.2) is 42.5 Å². The zero-order valence-electron chi connectivity index (χ0n) is 19.2. The lowest BCUT2D eigenvalue weighted by molar-refractivity contribution is -0.142. The summed E-state index contributed by atoms with van der Waals surface area (Å²) in [5, 5.41) is 3.80. The molecule has 0 heterocycles. The highest BCUT2D eigenvalue weighted by molar-refractivity contribution is 6.31. The van der Waals surface area contributed by atoms with Crippen molar-refractivity contribution >= 4 is 23.4 Å². The van der Waals surface area contributed by atoms with Crippen LogP contribution in [-0.4, -0.2) is 35.4 Å². The van der Waals surface area contributed by atoms with Gasteiger partial charge in [0.05, 0.1) is 0 Å². The summed E-state index contributed by atoms with van der Waals surface area (Å²) in [7, 11) is 0. The van der Waals surface area contributed by atoms with E-state index in [4.69, 9.17) is 16.3 Å². The lowest BCUT2D eigenvalue weighted by atomic mass is 9.95. The first-order chi connectivity index (χ1) is 15.3. The average molecular weight is 457 g/mol. The first kappa shape index (κ1) is 24.1. The Hall–Kier alpha value is -2.53. The van der Waals surface area contributed by atoms with E-state index >= 15 is 0 Å². The Labute approximate surface area is 196 Å². The van der Waals surface area contributed by atoms with Crippen molar-refractivity contribution in [3.8, 4) is 5.75 Å². The fraction of sp³-hybridized carbons (Fsp3) is 0.462. The third-order valence-electron chi connectivity index (χ3n) is 6.05. The SMILES string of the molecule is Cc1cccc(CN(C(=O)COc2ccc(Cl)c(C)c2)[C@H](C)C(=O)NC2CCCCC2)c1. The highest BCUT2D eigenvalue weighted by Crippen LogP contribution is 2.22. The smallest absolute Gasteiger partial charge is 0.261 e. The van der Waals surface area contributed by atoms with Crippen LogP contribution in [0.4, 0.5) is 0 Å². The minimum absolute atomic E-state index is 0.111. The summed E-state index contributed by atoms with van der Waals surface area (Å²) in [6, 6.07) is 12.9. The number of rotatable bonds is 8. The summed E-state index contributed by atoms with van der Waals surface area (Å²) in [5.41, 5.74) is 2.98. The van der Waals surface area contributed by atoms with Gasteiger partial charge in [0, 0.05) is 17.6 Å². The number of nitrogens with one attached hydrogen (secondary N) is 1. The number of hydrogen-bond acceptors (Lipinski definition) is 3. The summed E-state index contributed by atoms with van der Waals surface area (Å²) < 4.78 is 5.74. The Balaban J connectivity index is 1.71. The van der Waals surface area contributed by atoms with Crippen LogP contribution in [0.3, 0.4) is 0 Å². The number of carbonyl (C=O) groups is 2. The molecule has 0 spiro atoms. The third kappa shape index (κ3) is 6.73. The van der Waals surface area contributed by atoms with Crippen LogP contribution in [0.5, 0.6) is 5.75 Å². The molecule has 172 valence electrons. The van der Waals surface area contributed by atoms with E-state index in [1.54, 1.807) is 30.0 Å². The molecule has 0 saturated heterocycles. The van der Waals surface area contributed by atoms with E-state index in [-0.39, 0.29) is 24.5 Å². The van der Waals surface area contributed by atoms with E-state index in [9.17, 15) is 9.59 Å². The number of halogens is 1. The topological polar surface area (TPSA) is 58.6 Å². The fourth-order valence-corrected chi connectivity index (χ4v) is 4.21. The summed E-state index contributed by atoms with van der Waals surface area (Å²) in [5.74, 6) is 0.237. The monoisotopic (exact) mass is 456 g/mol. The average Bonchev–Trinajstić information content (AvgIpc) is 2.78. The van der Waals surface area contributed by atoms with Crippen molar-refractivity contribution in [2.75, 3.05) is 6.61 Å². The Morgan fingerprint density at radius 2 is 1.88 bits per heavy atom. The second kappa shape index (κ2) is 11.4. The Kier molecular flexibility index (Phi) is 8.57. The zero-order valence-corrected chi connectivity index (χ0v) is 20.0. The van der Waals surface area contributed by atoms with Crippen molar-refractivity contribution in [1.82, 2.24) is 10.2 Å². The van der Waals surface area contributed by atoms with Gasteiger partial charge in [-0.05, 0) is 62.9 Å². The molecule has 0 aromatic heterocycles. The molecule has 3 rings (SSSR count). The number of benzene rings is 2. The van der Waals surface area contributed by atoms with Gasteiger partial charge in [-0.1, -0.05) is 60.7 Å². The van der Waals surface area contributed by atoms with E-state index in [1.807, 2.05) is 38.1 Å². The molecule has 0 aliphatic heterocycles. The van der Waals surface area contributed by atoms with Gasteiger partial charge < -0.3 is 15.0 Å². The molecule has 5 nitrogen and oxygen atoms in total. The van der Waals surface area contributed by atoms with Gasteiger partial charge in [-0.3, -0.25) is 9.59 Å². The number of nitrogens with zero attached hydrogens (tertiary/aromatic N) is 1. The molecular weight excluding hydrogens is 424 g/mol. The predicted molar refractivity (Wildman–Crippen MR) is 128 cm³/mol. The van der Waals surface area contributed by atoms with E-state index < -0.39 is 6.04 Å². The number of amides is 2. The lowest BCUT2D eigenvalue weighted by Crippen LogP contribution is -2.51. The van der Waals surface area contributed by atoms with Crippen LogP contribution in [0.2, 0.25) is 5.02 Å². The second-order valence-corrected chi connectivity index (χ2v) is 9.14. The molecule has 1 atom stereocenters. The molecule has 2 aromatic rings. The largest absolute Gasteiger partial charge is 0.484 e. The van der Waals surface area contributed by atoms with Crippen molar-refractivity contribution < 1.29 is 14.3 Å². The first-order valence-corrected chi connectivity index (χ1v) is 11.8. The molecule has 32 heavy (non-hydrogen) atoms. The highest BCUT2D eigenvalue weighted by atomic mass is 35.5.